The summed E-state index contributed by atoms with van der Waals surface area (Å²) in [6, 6.07) is 31.4. The average molecular weight is 860 g/mol. The van der Waals surface area contributed by atoms with E-state index >= 15 is 0 Å². The fourth-order valence-electron chi connectivity index (χ4n) is 4.85. The summed E-state index contributed by atoms with van der Waals surface area (Å²) < 4.78 is 7.39. The van der Waals surface area contributed by atoms with Crippen LogP contribution in [-0.2, 0) is 152 Å². The smallest absolute Gasteiger partial charge is 0.136 e. The summed E-state index contributed by atoms with van der Waals surface area (Å²) in [4.78, 5) is 0. The van der Waals surface area contributed by atoms with Gasteiger partial charge in [0.15, 0.2) is 0 Å². The van der Waals surface area contributed by atoms with Crippen molar-refractivity contribution < 1.29 is 149 Å². The molecule has 208 valence electrons. The fourth-order valence-corrected chi connectivity index (χ4v) is 4.85. The molecule has 4 radical (unpaired) electrons. The van der Waals surface area contributed by atoms with E-state index in [1.807, 2.05) is 97.5 Å². The van der Waals surface area contributed by atoms with Gasteiger partial charge in [0, 0.05) is 131 Å². The Morgan fingerprint density at radius 3 is 1.88 bits per heavy atom. The van der Waals surface area contributed by atoms with E-state index in [0.717, 1.165) is 11.3 Å². The predicted octanol–water partition coefficient (Wildman–Crippen LogP) is 4.29. The number of pyridine rings is 3. The summed E-state index contributed by atoms with van der Waals surface area (Å²) in [6.45, 7) is 4.20. The van der Waals surface area contributed by atoms with Gasteiger partial charge >= 0.3 is 0 Å². The predicted molar refractivity (Wildman–Crippen MR) is 152 cm³/mol. The van der Waals surface area contributed by atoms with Gasteiger partial charge in [0.2, 0.25) is 0 Å². The van der Waals surface area contributed by atoms with E-state index in [-0.39, 0.29) is 131 Å². The Morgan fingerprint density at radius 2 is 1.36 bits per heavy atom. The minimum absolute atomic E-state index is 0. The Kier molecular flexibility index (Phi) is 22.8. The summed E-state index contributed by atoms with van der Waals surface area (Å²) in [5, 5.41) is 3.57. The van der Waals surface area contributed by atoms with Crippen LogP contribution in [0, 0.1) is 30.5 Å². The first-order chi connectivity index (χ1) is 18.4. The van der Waals surface area contributed by atoms with E-state index in [4.69, 9.17) is 0 Å². The van der Waals surface area contributed by atoms with Crippen molar-refractivity contribution >= 4 is 21.7 Å². The van der Waals surface area contributed by atoms with E-state index < -0.39 is 0 Å². The molecule has 3 aliphatic rings. The van der Waals surface area contributed by atoms with Crippen molar-refractivity contribution in [1.29, 1.82) is 0 Å². The fraction of sp³-hybridized carbons (Fsp3) is 0.294. The van der Waals surface area contributed by atoms with Gasteiger partial charge in [-0.1, -0.05) is 29.0 Å². The largest absolute Gasteiger partial charge is 0.351 e. The normalized spacial score (nSPS) is 17.5. The Morgan fingerprint density at radius 1 is 0.738 bits per heavy atom. The molecule has 2 bridgehead atoms. The second-order valence-corrected chi connectivity index (χ2v) is 10.5. The van der Waals surface area contributed by atoms with Gasteiger partial charge in [-0.3, -0.25) is 11.0 Å². The van der Waals surface area contributed by atoms with E-state index in [9.17, 15) is 0 Å². The molecular formula is C34H40N4Y4. The Hall–Kier alpha value is 0.786. The van der Waals surface area contributed by atoms with Gasteiger partial charge in [-0.05, 0) is 25.5 Å². The molecule has 6 heterocycles. The number of quaternary nitrogens is 1. The third-order valence-corrected chi connectivity index (χ3v) is 7.32. The third-order valence-electron chi connectivity index (χ3n) is 7.32. The number of piperidine rings is 3. The van der Waals surface area contributed by atoms with Crippen LogP contribution in [0.3, 0.4) is 0 Å². The first kappa shape index (κ1) is 42.8. The maximum absolute atomic E-state index is 3.18. The van der Waals surface area contributed by atoms with Gasteiger partial charge in [-0.15, -0.1) is 48.5 Å². The van der Waals surface area contributed by atoms with Crippen LogP contribution in [-0.4, -0.2) is 31.2 Å². The van der Waals surface area contributed by atoms with Crippen molar-refractivity contribution in [2.75, 3.05) is 26.7 Å². The van der Waals surface area contributed by atoms with E-state index in [1.54, 1.807) is 0 Å². The van der Waals surface area contributed by atoms with Crippen LogP contribution in [0.25, 0.3) is 21.7 Å². The molecule has 3 saturated heterocycles. The van der Waals surface area contributed by atoms with Gasteiger partial charge in [0.05, 0.1) is 38.7 Å². The Bertz CT molecular complexity index is 1420. The van der Waals surface area contributed by atoms with Crippen LogP contribution in [0.1, 0.15) is 12.8 Å². The van der Waals surface area contributed by atoms with Gasteiger partial charge < -0.3 is 9.05 Å². The standard InChI is InChI=1S/2C10H9N.C8H15N.C6H7N.4Y/c1-11-8-4-6-9-5-2-3-7-10(9)11;1-11-7-6-9-4-2-3-5-10(9)8-11;1-9-5-2-8(3-6-9)4-7-9;1-7-5-3-2-4-6-7;;;;/h2*2-5,7-8H,1H3;2,8H,3-7H2,1H3;3-6H,1H3;;;;. The number of aryl methyl sites for hydroxylation is 3. The molecular weight excluding hydrogens is 820 g/mol. The van der Waals surface area contributed by atoms with Crippen LogP contribution in [0.15, 0.2) is 97.7 Å². The first-order valence-corrected chi connectivity index (χ1v) is 13.4. The van der Waals surface area contributed by atoms with Crippen LogP contribution >= 0.6 is 0 Å². The molecule has 5 aromatic rings. The quantitative estimate of drug-likeness (QED) is 0.125. The second kappa shape index (κ2) is 22.3. The van der Waals surface area contributed by atoms with Gasteiger partial charge in [-0.2, -0.15) is 23.4 Å². The monoisotopic (exact) mass is 860 g/mol. The maximum Gasteiger partial charge on any atom is 0.136 e. The van der Waals surface area contributed by atoms with Crippen LogP contribution in [0.2, 0.25) is 0 Å². The van der Waals surface area contributed by atoms with Gasteiger partial charge in [-0.25, -0.2) is 4.57 Å². The van der Waals surface area contributed by atoms with Crippen LogP contribution in [0.4, 0.5) is 0 Å². The van der Waals surface area contributed by atoms with Crippen molar-refractivity contribution in [2.24, 2.45) is 27.1 Å². The maximum atomic E-state index is 3.18. The van der Waals surface area contributed by atoms with Crippen LogP contribution < -0.4 is 13.7 Å². The Balaban J connectivity index is 0.000000524. The molecule has 3 aromatic heterocycles. The molecule has 3 fully saturated rings. The summed E-state index contributed by atoms with van der Waals surface area (Å²) >= 11 is 0. The number of rotatable bonds is 0. The second-order valence-electron chi connectivity index (χ2n) is 10.5. The molecule has 0 spiro atoms. The van der Waals surface area contributed by atoms with E-state index in [2.05, 4.69) is 66.7 Å². The molecule has 42 heavy (non-hydrogen) atoms. The molecule has 0 amide bonds. The number of nitrogens with zero attached hydrogens (tertiary/aromatic N) is 4. The molecule has 0 atom stereocenters. The number of para-hydroxylation sites is 1. The minimum Gasteiger partial charge on any atom is -0.351 e. The van der Waals surface area contributed by atoms with Crippen molar-refractivity contribution in [3.63, 3.8) is 0 Å². The first-order valence-electron chi connectivity index (χ1n) is 13.4. The number of hydrogen-bond donors (Lipinski definition) is 0. The molecule has 3 aliphatic heterocycles. The number of benzene rings is 2. The number of hydrogen-bond acceptors (Lipinski definition) is 0. The zero-order chi connectivity index (χ0) is 26.8. The van der Waals surface area contributed by atoms with Gasteiger partial charge in [0.25, 0.3) is 0 Å². The SMILES string of the molecule is C[N+]12C[CH-]C(CC1)CC2.C[n+]1c[c-]c2ccccc2c1.C[n+]1cc[c-]c2ccccc21.C[n+]1cc[c-]cc1.[Y].[Y].[Y].[Y]. The minimum atomic E-state index is 0. The molecule has 0 unspecified atom stereocenters. The average Bonchev–Trinajstić information content (AvgIpc) is 2.95. The number of aromatic nitrogens is 3. The van der Waals surface area contributed by atoms with Crippen molar-refractivity contribution in [1.82, 2.24) is 0 Å². The summed E-state index contributed by atoms with van der Waals surface area (Å²) in [7, 11) is 8.40. The zero-order valence-electron chi connectivity index (χ0n) is 25.5. The zero-order valence-corrected chi connectivity index (χ0v) is 36.9. The molecule has 8 rings (SSSR count). The van der Waals surface area contributed by atoms with Crippen LogP contribution in [0.5, 0.6) is 0 Å². The molecule has 0 saturated carbocycles. The van der Waals surface area contributed by atoms with Gasteiger partial charge in [0.1, 0.15) is 39.1 Å². The summed E-state index contributed by atoms with van der Waals surface area (Å²) in [5.74, 6) is 0.991. The van der Waals surface area contributed by atoms with E-state index in [0.29, 0.717) is 0 Å². The summed E-state index contributed by atoms with van der Waals surface area (Å²) in [5.41, 5.74) is 1.22. The third kappa shape index (κ3) is 14.1. The summed E-state index contributed by atoms with van der Waals surface area (Å²) in [6.07, 6.45) is 15.3. The molecule has 0 N–H and O–H groups in total. The topological polar surface area (TPSA) is 11.6 Å². The Labute approximate surface area is 354 Å². The van der Waals surface area contributed by atoms with Crippen molar-refractivity contribution in [3.8, 4) is 0 Å². The molecule has 4 nitrogen and oxygen atoms in total. The molecule has 0 aliphatic carbocycles. The van der Waals surface area contributed by atoms with E-state index in [1.165, 1.54) is 53.2 Å². The number of fused-ring (bicyclic) bond motifs is 5. The molecule has 2 aromatic carbocycles. The van der Waals surface area contributed by atoms with Crippen molar-refractivity contribution in [3.05, 3.63) is 122 Å². The van der Waals surface area contributed by atoms with Crippen molar-refractivity contribution in [2.45, 2.75) is 12.8 Å². The molecule has 8 heteroatoms.